The molecule has 0 aliphatic carbocycles. The summed E-state index contributed by atoms with van der Waals surface area (Å²) in [6, 6.07) is 46.2. The van der Waals surface area contributed by atoms with E-state index in [9.17, 15) is 0 Å². The Morgan fingerprint density at radius 2 is 0.884 bits per heavy atom. The maximum atomic E-state index is 4.39. The maximum Gasteiger partial charge on any atom is 0.0349 e. The Morgan fingerprint density at radius 1 is 0.349 bits per heavy atom. The quantitative estimate of drug-likeness (QED) is 0.204. The van der Waals surface area contributed by atoms with Crippen LogP contribution in [0.3, 0.4) is 0 Å². The van der Waals surface area contributed by atoms with Crippen LogP contribution in [0.15, 0.2) is 152 Å². The molecular formula is C41H28N2. The second-order valence-electron chi connectivity index (χ2n) is 11.1. The van der Waals surface area contributed by atoms with Crippen LogP contribution >= 0.6 is 0 Å². The number of pyridine rings is 2. The minimum atomic E-state index is 1.13. The molecular weight excluding hydrogens is 520 g/mol. The lowest BCUT2D eigenvalue weighted by molar-refractivity contribution is 1.29. The van der Waals surface area contributed by atoms with Crippen molar-refractivity contribution in [1.29, 1.82) is 0 Å². The van der Waals surface area contributed by atoms with Gasteiger partial charge in [0.15, 0.2) is 0 Å². The smallest absolute Gasteiger partial charge is 0.0349 e. The number of hydrogen-bond acceptors (Lipinski definition) is 2. The van der Waals surface area contributed by atoms with Crippen molar-refractivity contribution >= 4 is 32.3 Å². The fourth-order valence-electron chi connectivity index (χ4n) is 6.60. The van der Waals surface area contributed by atoms with Gasteiger partial charge in [-0.2, -0.15) is 0 Å². The predicted octanol–water partition coefficient (Wildman–Crippen LogP) is 10.9. The molecule has 0 bridgehead atoms. The third kappa shape index (κ3) is 4.19. The van der Waals surface area contributed by atoms with Crippen molar-refractivity contribution < 1.29 is 0 Å². The van der Waals surface area contributed by atoms with Crippen molar-refractivity contribution in [2.45, 2.75) is 6.92 Å². The van der Waals surface area contributed by atoms with Crippen LogP contribution in [0.4, 0.5) is 0 Å². The molecule has 0 unspecified atom stereocenters. The average molecular weight is 549 g/mol. The lowest BCUT2D eigenvalue weighted by Crippen LogP contribution is -1.93. The summed E-state index contributed by atoms with van der Waals surface area (Å²) in [6.45, 7) is 2.14. The highest BCUT2D eigenvalue weighted by atomic mass is 14.6. The van der Waals surface area contributed by atoms with Gasteiger partial charge >= 0.3 is 0 Å². The lowest BCUT2D eigenvalue weighted by atomic mass is 9.83. The van der Waals surface area contributed by atoms with Gasteiger partial charge in [0.25, 0.3) is 0 Å². The molecule has 8 aromatic rings. The van der Waals surface area contributed by atoms with Gasteiger partial charge in [0.05, 0.1) is 0 Å². The number of benzene rings is 6. The van der Waals surface area contributed by atoms with Crippen molar-refractivity contribution in [3.8, 4) is 44.5 Å². The molecule has 0 saturated heterocycles. The van der Waals surface area contributed by atoms with E-state index in [0.29, 0.717) is 0 Å². The first kappa shape index (κ1) is 25.1. The minimum absolute atomic E-state index is 1.13. The van der Waals surface area contributed by atoms with Crippen molar-refractivity contribution in [3.05, 3.63) is 158 Å². The summed E-state index contributed by atoms with van der Waals surface area (Å²) in [7, 11) is 0. The topological polar surface area (TPSA) is 25.8 Å². The van der Waals surface area contributed by atoms with E-state index in [0.717, 1.165) is 5.56 Å². The van der Waals surface area contributed by atoms with Crippen molar-refractivity contribution in [2.24, 2.45) is 0 Å². The third-order valence-electron chi connectivity index (χ3n) is 8.62. The SMILES string of the molecule is Cc1ccncc1-c1ccc(-c2c3ccccc3c(-c3ccc(-c4cccnc4)c4ccccc34)c3ccccc23)cc1. The highest BCUT2D eigenvalue weighted by Gasteiger charge is 2.19. The Morgan fingerprint density at radius 3 is 1.49 bits per heavy atom. The van der Waals surface area contributed by atoms with E-state index >= 15 is 0 Å². The molecule has 2 heterocycles. The fourth-order valence-corrected chi connectivity index (χ4v) is 6.60. The van der Waals surface area contributed by atoms with Gasteiger partial charge in [-0.05, 0) is 90.3 Å². The van der Waals surface area contributed by atoms with E-state index in [1.807, 2.05) is 30.9 Å². The van der Waals surface area contributed by atoms with Crippen LogP contribution in [0.2, 0.25) is 0 Å². The number of nitrogens with zero attached hydrogens (tertiary/aromatic N) is 2. The Kier molecular flexibility index (Phi) is 6.05. The van der Waals surface area contributed by atoms with Gasteiger partial charge in [0.2, 0.25) is 0 Å². The molecule has 2 nitrogen and oxygen atoms in total. The Balaban J connectivity index is 1.40. The van der Waals surface area contributed by atoms with Gasteiger partial charge in [-0.25, -0.2) is 0 Å². The van der Waals surface area contributed by atoms with E-state index in [-0.39, 0.29) is 0 Å². The summed E-state index contributed by atoms with van der Waals surface area (Å²) < 4.78 is 0. The summed E-state index contributed by atoms with van der Waals surface area (Å²) in [5, 5.41) is 7.48. The molecule has 6 aromatic carbocycles. The first-order valence-electron chi connectivity index (χ1n) is 14.7. The molecule has 2 heteroatoms. The molecule has 0 aliphatic rings. The maximum absolute atomic E-state index is 4.39. The van der Waals surface area contributed by atoms with Crippen LogP contribution in [-0.2, 0) is 0 Å². The Bertz CT molecular complexity index is 2230. The minimum Gasteiger partial charge on any atom is -0.264 e. The van der Waals surface area contributed by atoms with E-state index in [1.165, 1.54) is 76.8 Å². The number of aryl methyl sites for hydroxylation is 1. The van der Waals surface area contributed by atoms with Crippen molar-refractivity contribution in [3.63, 3.8) is 0 Å². The molecule has 0 fully saturated rings. The Labute approximate surface area is 251 Å². The summed E-state index contributed by atoms with van der Waals surface area (Å²) in [6.07, 6.45) is 7.58. The fraction of sp³-hybridized carbons (Fsp3) is 0.0244. The largest absolute Gasteiger partial charge is 0.264 e. The second kappa shape index (κ2) is 10.3. The number of hydrogen-bond donors (Lipinski definition) is 0. The molecule has 0 aliphatic heterocycles. The van der Waals surface area contributed by atoms with Gasteiger partial charge in [-0.3, -0.25) is 9.97 Å². The van der Waals surface area contributed by atoms with E-state index < -0.39 is 0 Å². The van der Waals surface area contributed by atoms with E-state index in [4.69, 9.17) is 0 Å². The number of rotatable bonds is 4. The summed E-state index contributed by atoms with van der Waals surface area (Å²) >= 11 is 0. The normalized spacial score (nSPS) is 11.4. The molecule has 202 valence electrons. The van der Waals surface area contributed by atoms with Gasteiger partial charge < -0.3 is 0 Å². The standard InChI is InChI=1S/C41H28N2/c1-27-22-24-43-26-39(27)28-16-18-29(19-17-28)40-34-12-4-6-14-36(34)41(37-15-7-5-13-35(37)40)38-21-20-31(30-9-8-23-42-25-30)32-10-2-3-11-33(32)38/h2-26H,1H3. The second-order valence-corrected chi connectivity index (χ2v) is 11.1. The first-order valence-corrected chi connectivity index (χ1v) is 14.7. The number of aromatic nitrogens is 2. The van der Waals surface area contributed by atoms with Crippen LogP contribution in [0.5, 0.6) is 0 Å². The third-order valence-corrected chi connectivity index (χ3v) is 8.62. The lowest BCUT2D eigenvalue weighted by Gasteiger charge is -2.20. The monoisotopic (exact) mass is 548 g/mol. The molecule has 0 spiro atoms. The highest BCUT2D eigenvalue weighted by molar-refractivity contribution is 6.24. The van der Waals surface area contributed by atoms with Crippen LogP contribution in [-0.4, -0.2) is 9.97 Å². The predicted molar refractivity (Wildman–Crippen MR) is 181 cm³/mol. The summed E-state index contributed by atoms with van der Waals surface area (Å²) in [4.78, 5) is 8.76. The van der Waals surface area contributed by atoms with Gasteiger partial charge in [-0.15, -0.1) is 0 Å². The van der Waals surface area contributed by atoms with Crippen LogP contribution in [0.1, 0.15) is 5.56 Å². The van der Waals surface area contributed by atoms with Crippen LogP contribution < -0.4 is 0 Å². The molecule has 0 saturated carbocycles. The zero-order chi connectivity index (χ0) is 28.8. The summed E-state index contributed by atoms with van der Waals surface area (Å²) in [5.74, 6) is 0. The van der Waals surface area contributed by atoms with Crippen LogP contribution in [0.25, 0.3) is 76.8 Å². The highest BCUT2D eigenvalue weighted by Crippen LogP contribution is 2.46. The van der Waals surface area contributed by atoms with Gasteiger partial charge in [-0.1, -0.05) is 115 Å². The zero-order valence-corrected chi connectivity index (χ0v) is 23.8. The molecule has 43 heavy (non-hydrogen) atoms. The average Bonchev–Trinajstić information content (AvgIpc) is 3.08. The van der Waals surface area contributed by atoms with Gasteiger partial charge in [0.1, 0.15) is 0 Å². The van der Waals surface area contributed by atoms with E-state index in [2.05, 4.69) is 138 Å². The zero-order valence-electron chi connectivity index (χ0n) is 23.8. The van der Waals surface area contributed by atoms with Crippen molar-refractivity contribution in [1.82, 2.24) is 9.97 Å². The molecule has 2 aromatic heterocycles. The number of fused-ring (bicyclic) bond motifs is 3. The molecule has 0 amide bonds. The Hall–Kier alpha value is -5.60. The molecule has 8 rings (SSSR count). The van der Waals surface area contributed by atoms with E-state index in [1.54, 1.807) is 0 Å². The molecule has 0 N–H and O–H groups in total. The molecule has 0 atom stereocenters. The summed E-state index contributed by atoms with van der Waals surface area (Å²) in [5.41, 5.74) is 10.9. The first-order chi connectivity index (χ1) is 21.3. The van der Waals surface area contributed by atoms with Gasteiger partial charge in [0, 0.05) is 35.9 Å². The molecule has 0 radical (unpaired) electrons. The van der Waals surface area contributed by atoms with Crippen molar-refractivity contribution in [2.75, 3.05) is 0 Å². The van der Waals surface area contributed by atoms with Crippen LogP contribution in [0, 0.1) is 6.92 Å².